The Morgan fingerprint density at radius 3 is 2.44 bits per heavy atom. The van der Waals surface area contributed by atoms with E-state index in [1.54, 1.807) is 0 Å². The maximum Gasteiger partial charge on any atom is 0.0397 e. The molecule has 1 saturated carbocycles. The molecular weight excluding hydrogens is 288 g/mol. The van der Waals surface area contributed by atoms with E-state index in [-0.39, 0.29) is 0 Å². The number of nitrogens with zero attached hydrogens (tertiary/aromatic N) is 2. The first-order chi connectivity index (χ1) is 8.78. The van der Waals surface area contributed by atoms with Crippen molar-refractivity contribution in [1.29, 1.82) is 0 Å². The van der Waals surface area contributed by atoms with Crippen molar-refractivity contribution < 1.29 is 0 Å². The second-order valence-electron chi connectivity index (χ2n) is 5.51. The monoisotopic (exact) mass is 308 g/mol. The summed E-state index contributed by atoms with van der Waals surface area (Å²) in [6.45, 7) is 7.08. The van der Waals surface area contributed by atoms with Gasteiger partial charge in [0.2, 0.25) is 0 Å². The molecule has 18 heavy (non-hydrogen) atoms. The standard InChI is InChI=1S/C15H21BrN2/c1-12-10-13(11-16)2-5-15(12)18-8-6-17(7-9-18)14-3-4-14/h2,5,10,14H,3-4,6-9,11H2,1H3. The number of hydrogen-bond acceptors (Lipinski definition) is 2. The molecule has 1 heterocycles. The van der Waals surface area contributed by atoms with Gasteiger partial charge in [-0.2, -0.15) is 0 Å². The van der Waals surface area contributed by atoms with Gasteiger partial charge in [0.15, 0.2) is 0 Å². The van der Waals surface area contributed by atoms with Crippen molar-refractivity contribution in [2.45, 2.75) is 31.1 Å². The Morgan fingerprint density at radius 1 is 1.17 bits per heavy atom. The van der Waals surface area contributed by atoms with E-state index in [4.69, 9.17) is 0 Å². The fraction of sp³-hybridized carbons (Fsp3) is 0.600. The van der Waals surface area contributed by atoms with Gasteiger partial charge in [0.05, 0.1) is 0 Å². The summed E-state index contributed by atoms with van der Waals surface area (Å²) in [5, 5.41) is 0.948. The molecule has 0 atom stereocenters. The highest BCUT2D eigenvalue weighted by Gasteiger charge is 2.31. The zero-order valence-electron chi connectivity index (χ0n) is 11.0. The van der Waals surface area contributed by atoms with Crippen molar-refractivity contribution in [2.24, 2.45) is 0 Å². The third kappa shape index (κ3) is 2.57. The molecular formula is C15H21BrN2. The minimum absolute atomic E-state index is 0.920. The maximum absolute atomic E-state index is 3.52. The number of halogens is 1. The third-order valence-corrected chi connectivity index (χ3v) is 4.78. The van der Waals surface area contributed by atoms with E-state index in [1.807, 2.05) is 0 Å². The summed E-state index contributed by atoms with van der Waals surface area (Å²) in [4.78, 5) is 5.21. The Morgan fingerprint density at radius 2 is 1.89 bits per heavy atom. The van der Waals surface area contributed by atoms with Crippen LogP contribution in [-0.4, -0.2) is 37.1 Å². The molecule has 98 valence electrons. The first-order valence-corrected chi connectivity index (χ1v) is 8.04. The molecule has 0 N–H and O–H groups in total. The summed E-state index contributed by atoms with van der Waals surface area (Å²) in [5.74, 6) is 0. The molecule has 3 heteroatoms. The normalized spacial score (nSPS) is 21.3. The lowest BCUT2D eigenvalue weighted by Gasteiger charge is -2.37. The SMILES string of the molecule is Cc1cc(CBr)ccc1N1CCN(C2CC2)CC1. The molecule has 0 radical (unpaired) electrons. The van der Waals surface area contributed by atoms with E-state index in [1.165, 1.54) is 55.8 Å². The smallest absolute Gasteiger partial charge is 0.0397 e. The van der Waals surface area contributed by atoms with Crippen molar-refractivity contribution >= 4 is 21.6 Å². The molecule has 2 nitrogen and oxygen atoms in total. The Labute approximate surface area is 118 Å². The average molecular weight is 309 g/mol. The van der Waals surface area contributed by atoms with Gasteiger partial charge in [0.25, 0.3) is 0 Å². The van der Waals surface area contributed by atoms with Crippen LogP contribution in [0.1, 0.15) is 24.0 Å². The van der Waals surface area contributed by atoms with Crippen LogP contribution < -0.4 is 4.90 Å². The van der Waals surface area contributed by atoms with E-state index in [9.17, 15) is 0 Å². The first kappa shape index (κ1) is 12.5. The highest BCUT2D eigenvalue weighted by atomic mass is 79.9. The average Bonchev–Trinajstić information content (AvgIpc) is 3.23. The Kier molecular flexibility index (Phi) is 3.62. The van der Waals surface area contributed by atoms with E-state index in [2.05, 4.69) is 50.9 Å². The van der Waals surface area contributed by atoms with E-state index in [0.717, 1.165) is 11.4 Å². The number of piperazine rings is 1. The van der Waals surface area contributed by atoms with Crippen molar-refractivity contribution in [1.82, 2.24) is 4.90 Å². The maximum atomic E-state index is 3.52. The van der Waals surface area contributed by atoms with E-state index < -0.39 is 0 Å². The number of hydrogen-bond donors (Lipinski definition) is 0. The molecule has 1 aromatic rings. The highest BCUT2D eigenvalue weighted by molar-refractivity contribution is 9.08. The van der Waals surface area contributed by atoms with Crippen molar-refractivity contribution in [3.8, 4) is 0 Å². The van der Waals surface area contributed by atoms with Gasteiger partial charge in [-0.3, -0.25) is 4.90 Å². The Balaban J connectivity index is 1.68. The van der Waals surface area contributed by atoms with Crippen LogP contribution in [0.4, 0.5) is 5.69 Å². The molecule has 3 rings (SSSR count). The third-order valence-electron chi connectivity index (χ3n) is 4.13. The Hall–Kier alpha value is -0.540. The van der Waals surface area contributed by atoms with Crippen LogP contribution in [-0.2, 0) is 5.33 Å². The lowest BCUT2D eigenvalue weighted by atomic mass is 10.1. The van der Waals surface area contributed by atoms with Gasteiger partial charge in [-0.15, -0.1) is 0 Å². The summed E-state index contributed by atoms with van der Waals surface area (Å²) >= 11 is 3.52. The largest absolute Gasteiger partial charge is 0.369 e. The molecule has 2 fully saturated rings. The van der Waals surface area contributed by atoms with Crippen molar-refractivity contribution in [3.63, 3.8) is 0 Å². The van der Waals surface area contributed by atoms with Crippen LogP contribution in [0, 0.1) is 6.92 Å². The molecule has 1 aliphatic carbocycles. The molecule has 0 aromatic heterocycles. The van der Waals surface area contributed by atoms with Crippen molar-refractivity contribution in [3.05, 3.63) is 29.3 Å². The molecule has 0 unspecified atom stereocenters. The fourth-order valence-electron chi connectivity index (χ4n) is 2.92. The molecule has 0 bridgehead atoms. The minimum atomic E-state index is 0.920. The Bertz CT molecular complexity index is 421. The van der Waals surface area contributed by atoms with Crippen LogP contribution in [0.25, 0.3) is 0 Å². The van der Waals surface area contributed by atoms with Gasteiger partial charge < -0.3 is 4.90 Å². The quantitative estimate of drug-likeness (QED) is 0.791. The predicted octanol–water partition coefficient (Wildman–Crippen LogP) is 3.17. The van der Waals surface area contributed by atoms with Crippen molar-refractivity contribution in [2.75, 3.05) is 31.1 Å². The van der Waals surface area contributed by atoms with Gasteiger partial charge >= 0.3 is 0 Å². The summed E-state index contributed by atoms with van der Waals surface area (Å²) in [6, 6.07) is 7.75. The molecule has 0 amide bonds. The van der Waals surface area contributed by atoms with Gasteiger partial charge in [0, 0.05) is 43.2 Å². The summed E-state index contributed by atoms with van der Waals surface area (Å²) in [7, 11) is 0. The number of alkyl halides is 1. The van der Waals surface area contributed by atoms with E-state index in [0.29, 0.717) is 0 Å². The topological polar surface area (TPSA) is 6.48 Å². The summed E-state index contributed by atoms with van der Waals surface area (Å²) in [6.07, 6.45) is 2.86. The fourth-order valence-corrected chi connectivity index (χ4v) is 3.27. The number of rotatable bonds is 3. The number of anilines is 1. The van der Waals surface area contributed by atoms with Gasteiger partial charge in [-0.05, 0) is 37.0 Å². The van der Waals surface area contributed by atoms with Gasteiger partial charge in [-0.25, -0.2) is 0 Å². The minimum Gasteiger partial charge on any atom is -0.369 e. The number of aryl methyl sites for hydroxylation is 1. The zero-order chi connectivity index (χ0) is 12.5. The lowest BCUT2D eigenvalue weighted by Crippen LogP contribution is -2.47. The molecule has 1 saturated heterocycles. The van der Waals surface area contributed by atoms with Crippen LogP contribution in [0.3, 0.4) is 0 Å². The second-order valence-corrected chi connectivity index (χ2v) is 6.07. The van der Waals surface area contributed by atoms with Gasteiger partial charge in [-0.1, -0.05) is 28.1 Å². The summed E-state index contributed by atoms with van der Waals surface area (Å²) < 4.78 is 0. The van der Waals surface area contributed by atoms with Crippen LogP contribution in [0.5, 0.6) is 0 Å². The summed E-state index contributed by atoms with van der Waals surface area (Å²) in [5.41, 5.74) is 4.20. The second kappa shape index (κ2) is 5.22. The van der Waals surface area contributed by atoms with Gasteiger partial charge in [0.1, 0.15) is 0 Å². The van der Waals surface area contributed by atoms with Crippen LogP contribution in [0.2, 0.25) is 0 Å². The van der Waals surface area contributed by atoms with Crippen LogP contribution >= 0.6 is 15.9 Å². The first-order valence-electron chi connectivity index (χ1n) is 6.92. The lowest BCUT2D eigenvalue weighted by molar-refractivity contribution is 0.248. The predicted molar refractivity (Wildman–Crippen MR) is 80.6 cm³/mol. The highest BCUT2D eigenvalue weighted by Crippen LogP contribution is 2.29. The number of benzene rings is 1. The molecule has 0 spiro atoms. The molecule has 2 aliphatic rings. The molecule has 1 aliphatic heterocycles. The molecule has 1 aromatic carbocycles. The van der Waals surface area contributed by atoms with E-state index >= 15 is 0 Å². The zero-order valence-corrected chi connectivity index (χ0v) is 12.6. The van der Waals surface area contributed by atoms with Crippen LogP contribution in [0.15, 0.2) is 18.2 Å².